The quantitative estimate of drug-likeness (QED) is 0.873. The summed E-state index contributed by atoms with van der Waals surface area (Å²) in [7, 11) is 0. The third-order valence-electron chi connectivity index (χ3n) is 4.24. The summed E-state index contributed by atoms with van der Waals surface area (Å²) in [5.74, 6) is -0.294. The minimum atomic E-state index is -0.772. The standard InChI is InChI=1S/C16H27N3O2/c1-16(2,3)15-14-11(7-9-17)5-4-6-12(14)19(18-15)10-8-13(20)21/h11H,4-10,17H2,1-3H3,(H,20,21). The molecule has 0 saturated carbocycles. The van der Waals surface area contributed by atoms with Crippen molar-refractivity contribution in [2.24, 2.45) is 5.73 Å². The molecule has 0 aromatic carbocycles. The lowest BCUT2D eigenvalue weighted by atomic mass is 9.78. The van der Waals surface area contributed by atoms with Crippen LogP contribution in [0.3, 0.4) is 0 Å². The lowest BCUT2D eigenvalue weighted by Gasteiger charge is -2.27. The Labute approximate surface area is 126 Å². The monoisotopic (exact) mass is 293 g/mol. The summed E-state index contributed by atoms with van der Waals surface area (Å²) >= 11 is 0. The van der Waals surface area contributed by atoms with Crippen LogP contribution < -0.4 is 5.73 Å². The van der Waals surface area contributed by atoms with Gasteiger partial charge in [-0.15, -0.1) is 0 Å². The van der Waals surface area contributed by atoms with Crippen molar-refractivity contribution in [2.75, 3.05) is 6.54 Å². The largest absolute Gasteiger partial charge is 0.481 e. The highest BCUT2D eigenvalue weighted by Gasteiger charge is 2.32. The maximum absolute atomic E-state index is 10.9. The molecule has 0 aliphatic heterocycles. The zero-order chi connectivity index (χ0) is 15.6. The third-order valence-corrected chi connectivity index (χ3v) is 4.24. The van der Waals surface area contributed by atoms with Gasteiger partial charge in [-0.2, -0.15) is 5.10 Å². The van der Waals surface area contributed by atoms with Crippen molar-refractivity contribution in [1.82, 2.24) is 9.78 Å². The molecule has 1 aliphatic rings. The predicted octanol–water partition coefficient (Wildman–Crippen LogP) is 2.42. The molecule has 1 aromatic heterocycles. The molecule has 1 unspecified atom stereocenters. The number of nitrogens with two attached hydrogens (primary N) is 1. The molecule has 1 aromatic rings. The first-order valence-corrected chi connectivity index (χ1v) is 7.86. The highest BCUT2D eigenvalue weighted by atomic mass is 16.4. The number of aryl methyl sites for hydroxylation is 1. The Kier molecular flexibility index (Phi) is 4.71. The summed E-state index contributed by atoms with van der Waals surface area (Å²) in [4.78, 5) is 10.9. The molecule has 118 valence electrons. The van der Waals surface area contributed by atoms with Crippen molar-refractivity contribution in [2.45, 2.75) is 70.8 Å². The summed E-state index contributed by atoms with van der Waals surface area (Å²) in [6, 6.07) is 0. The van der Waals surface area contributed by atoms with Crippen LogP contribution in [0.1, 0.15) is 69.3 Å². The van der Waals surface area contributed by atoms with Crippen LogP contribution >= 0.6 is 0 Å². The molecule has 5 nitrogen and oxygen atoms in total. The van der Waals surface area contributed by atoms with Crippen LogP contribution in [0.2, 0.25) is 0 Å². The Morgan fingerprint density at radius 1 is 1.48 bits per heavy atom. The number of rotatable bonds is 5. The minimum Gasteiger partial charge on any atom is -0.481 e. The molecule has 0 amide bonds. The predicted molar refractivity (Wildman–Crippen MR) is 82.5 cm³/mol. The first-order chi connectivity index (χ1) is 9.84. The van der Waals surface area contributed by atoms with Crippen molar-refractivity contribution in [3.8, 4) is 0 Å². The van der Waals surface area contributed by atoms with E-state index >= 15 is 0 Å². The molecule has 0 fully saturated rings. The van der Waals surface area contributed by atoms with E-state index in [0.29, 0.717) is 19.0 Å². The maximum atomic E-state index is 10.9. The van der Waals surface area contributed by atoms with Gasteiger partial charge in [0.1, 0.15) is 0 Å². The van der Waals surface area contributed by atoms with Crippen LogP contribution in [-0.2, 0) is 23.2 Å². The molecule has 0 bridgehead atoms. The maximum Gasteiger partial charge on any atom is 0.305 e. The van der Waals surface area contributed by atoms with Crippen LogP contribution in [0.15, 0.2) is 0 Å². The second-order valence-corrected chi connectivity index (χ2v) is 6.99. The third kappa shape index (κ3) is 3.46. The van der Waals surface area contributed by atoms with Gasteiger partial charge in [-0.3, -0.25) is 9.48 Å². The summed E-state index contributed by atoms with van der Waals surface area (Å²) in [5, 5.41) is 13.7. The Balaban J connectivity index is 2.43. The Morgan fingerprint density at radius 3 is 2.76 bits per heavy atom. The zero-order valence-corrected chi connectivity index (χ0v) is 13.4. The molecule has 0 radical (unpaired) electrons. The average molecular weight is 293 g/mol. The summed E-state index contributed by atoms with van der Waals surface area (Å²) < 4.78 is 1.94. The van der Waals surface area contributed by atoms with Crippen LogP contribution in [0, 0.1) is 0 Å². The Hall–Kier alpha value is -1.36. The highest BCUT2D eigenvalue weighted by Crippen LogP contribution is 2.40. The fourth-order valence-corrected chi connectivity index (χ4v) is 3.29. The van der Waals surface area contributed by atoms with Crippen molar-refractivity contribution in [1.29, 1.82) is 0 Å². The van der Waals surface area contributed by atoms with Gasteiger partial charge in [-0.25, -0.2) is 0 Å². The highest BCUT2D eigenvalue weighted by molar-refractivity contribution is 5.66. The Bertz CT molecular complexity index is 514. The molecule has 2 rings (SSSR count). The number of aliphatic carboxylic acids is 1. The van der Waals surface area contributed by atoms with Crippen molar-refractivity contribution >= 4 is 5.97 Å². The van der Waals surface area contributed by atoms with Crippen molar-refractivity contribution < 1.29 is 9.90 Å². The Morgan fingerprint density at radius 2 is 2.19 bits per heavy atom. The number of fused-ring (bicyclic) bond motifs is 1. The molecule has 0 spiro atoms. The van der Waals surface area contributed by atoms with Gasteiger partial charge in [0.05, 0.1) is 18.7 Å². The van der Waals surface area contributed by atoms with E-state index in [2.05, 4.69) is 20.8 Å². The number of carboxylic acid groups (broad SMARTS) is 1. The van der Waals surface area contributed by atoms with Crippen molar-refractivity contribution in [3.63, 3.8) is 0 Å². The molecule has 0 saturated heterocycles. The molecule has 1 heterocycles. The number of nitrogens with zero attached hydrogens (tertiary/aromatic N) is 2. The van der Waals surface area contributed by atoms with E-state index in [1.807, 2.05) is 4.68 Å². The first kappa shape index (κ1) is 16.0. The second kappa shape index (κ2) is 6.18. The summed E-state index contributed by atoms with van der Waals surface area (Å²) in [6.45, 7) is 7.67. The number of hydrogen-bond donors (Lipinski definition) is 2. The first-order valence-electron chi connectivity index (χ1n) is 7.86. The van der Waals surface area contributed by atoms with E-state index in [9.17, 15) is 4.79 Å². The topological polar surface area (TPSA) is 81.1 Å². The van der Waals surface area contributed by atoms with E-state index in [1.54, 1.807) is 0 Å². The number of hydrogen-bond acceptors (Lipinski definition) is 3. The SMILES string of the molecule is CC(C)(C)c1nn(CCC(=O)O)c2c1C(CCN)CCC2. The van der Waals surface area contributed by atoms with Crippen LogP contribution in [0.5, 0.6) is 0 Å². The van der Waals surface area contributed by atoms with Crippen LogP contribution in [-0.4, -0.2) is 27.4 Å². The van der Waals surface area contributed by atoms with Gasteiger partial charge < -0.3 is 10.8 Å². The molecule has 3 N–H and O–H groups in total. The smallest absolute Gasteiger partial charge is 0.305 e. The normalized spacial score (nSPS) is 18.6. The molecule has 1 atom stereocenters. The van der Waals surface area contributed by atoms with Gasteiger partial charge in [0.15, 0.2) is 0 Å². The van der Waals surface area contributed by atoms with Gasteiger partial charge >= 0.3 is 5.97 Å². The average Bonchev–Trinajstić information content (AvgIpc) is 2.76. The van der Waals surface area contributed by atoms with E-state index in [4.69, 9.17) is 15.9 Å². The molecule has 5 heteroatoms. The van der Waals surface area contributed by atoms with Crippen molar-refractivity contribution in [3.05, 3.63) is 17.0 Å². The zero-order valence-electron chi connectivity index (χ0n) is 13.4. The fourth-order valence-electron chi connectivity index (χ4n) is 3.29. The molecule has 21 heavy (non-hydrogen) atoms. The van der Waals surface area contributed by atoms with Gasteiger partial charge in [-0.1, -0.05) is 20.8 Å². The van der Waals surface area contributed by atoms with Gasteiger partial charge in [0.2, 0.25) is 0 Å². The molecule has 1 aliphatic carbocycles. The fraction of sp³-hybridized carbons (Fsp3) is 0.750. The second-order valence-electron chi connectivity index (χ2n) is 6.99. The molecular weight excluding hydrogens is 266 g/mol. The minimum absolute atomic E-state index is 0.0251. The van der Waals surface area contributed by atoms with Gasteiger partial charge in [-0.05, 0) is 38.1 Å². The summed E-state index contributed by atoms with van der Waals surface area (Å²) in [6.07, 6.45) is 4.41. The lowest BCUT2D eigenvalue weighted by molar-refractivity contribution is -0.137. The van der Waals surface area contributed by atoms with Crippen LogP contribution in [0.4, 0.5) is 0 Å². The van der Waals surface area contributed by atoms with E-state index < -0.39 is 5.97 Å². The number of carbonyl (C=O) groups is 1. The number of carboxylic acids is 1. The van der Waals surface area contributed by atoms with E-state index in [0.717, 1.165) is 31.4 Å². The van der Waals surface area contributed by atoms with E-state index in [1.165, 1.54) is 11.3 Å². The van der Waals surface area contributed by atoms with E-state index in [-0.39, 0.29) is 11.8 Å². The van der Waals surface area contributed by atoms with Gasteiger partial charge in [0, 0.05) is 16.7 Å². The summed E-state index contributed by atoms with van der Waals surface area (Å²) in [5.41, 5.74) is 9.47. The van der Waals surface area contributed by atoms with Gasteiger partial charge in [0.25, 0.3) is 0 Å². The lowest BCUT2D eigenvalue weighted by Crippen LogP contribution is -2.20. The van der Waals surface area contributed by atoms with Crippen LogP contribution in [0.25, 0.3) is 0 Å². The number of aromatic nitrogens is 2. The molecular formula is C16H27N3O2.